The van der Waals surface area contributed by atoms with E-state index in [-0.39, 0.29) is 0 Å². The Kier molecular flexibility index (Phi) is 2.82. The van der Waals surface area contributed by atoms with E-state index >= 15 is 0 Å². The van der Waals surface area contributed by atoms with Gasteiger partial charge in [-0.15, -0.1) is 0 Å². The summed E-state index contributed by atoms with van der Waals surface area (Å²) in [6, 6.07) is 15.8. The number of benzene rings is 2. The van der Waals surface area contributed by atoms with Crippen molar-refractivity contribution in [2.24, 2.45) is 0 Å². The molecule has 16 heavy (non-hydrogen) atoms. The van der Waals surface area contributed by atoms with E-state index in [1.807, 2.05) is 61.5 Å². The number of aromatic hydroxyl groups is 1. The lowest BCUT2D eigenvalue weighted by Crippen LogP contribution is -2.08. The maximum atomic E-state index is 9.88. The fourth-order valence-corrected chi connectivity index (χ4v) is 1.71. The topological polar surface area (TPSA) is 23.5 Å². The molecule has 0 heterocycles. The van der Waals surface area contributed by atoms with Gasteiger partial charge in [0, 0.05) is 14.1 Å². The minimum atomic E-state index is 0.311. The van der Waals surface area contributed by atoms with Gasteiger partial charge in [-0.3, -0.25) is 0 Å². The lowest BCUT2D eigenvalue weighted by atomic mass is 10.0. The summed E-state index contributed by atoms with van der Waals surface area (Å²) in [6.07, 6.45) is 0. The van der Waals surface area contributed by atoms with Crippen LogP contribution in [0.15, 0.2) is 48.5 Å². The van der Waals surface area contributed by atoms with Crippen LogP contribution in [0.1, 0.15) is 0 Å². The molecule has 2 rings (SSSR count). The zero-order chi connectivity index (χ0) is 11.5. The summed E-state index contributed by atoms with van der Waals surface area (Å²) in [7, 11) is 3.83. The summed E-state index contributed by atoms with van der Waals surface area (Å²) < 4.78 is 0. The molecule has 2 aromatic carbocycles. The average Bonchev–Trinajstić information content (AvgIpc) is 2.29. The SMILES string of the molecule is CN(C)c1ccc(-c2ccccc2)cc1O. The first-order valence-corrected chi connectivity index (χ1v) is 5.24. The highest BCUT2D eigenvalue weighted by atomic mass is 16.3. The minimum Gasteiger partial charge on any atom is -0.506 e. The molecule has 0 aromatic heterocycles. The van der Waals surface area contributed by atoms with Crippen LogP contribution in [-0.4, -0.2) is 19.2 Å². The Morgan fingerprint density at radius 3 is 2.12 bits per heavy atom. The van der Waals surface area contributed by atoms with Crippen LogP contribution in [0.5, 0.6) is 5.75 Å². The van der Waals surface area contributed by atoms with Gasteiger partial charge in [0.2, 0.25) is 0 Å². The molecule has 0 amide bonds. The largest absolute Gasteiger partial charge is 0.506 e. The first kappa shape index (κ1) is 10.6. The fourth-order valence-electron chi connectivity index (χ4n) is 1.71. The lowest BCUT2D eigenvalue weighted by molar-refractivity contribution is 0.476. The molecule has 0 radical (unpaired) electrons. The number of phenols is 1. The zero-order valence-corrected chi connectivity index (χ0v) is 9.51. The second-order valence-electron chi connectivity index (χ2n) is 3.96. The predicted molar refractivity (Wildman–Crippen MR) is 67.9 cm³/mol. The van der Waals surface area contributed by atoms with E-state index in [9.17, 15) is 5.11 Å². The van der Waals surface area contributed by atoms with E-state index in [1.165, 1.54) is 0 Å². The third-order valence-corrected chi connectivity index (χ3v) is 2.56. The third kappa shape index (κ3) is 2.01. The Bertz CT molecular complexity index is 477. The summed E-state index contributed by atoms with van der Waals surface area (Å²) in [5.41, 5.74) is 2.98. The highest BCUT2D eigenvalue weighted by molar-refractivity contribution is 5.70. The van der Waals surface area contributed by atoms with Crippen molar-refractivity contribution in [1.82, 2.24) is 0 Å². The first-order valence-electron chi connectivity index (χ1n) is 5.24. The molecule has 0 spiro atoms. The van der Waals surface area contributed by atoms with E-state index in [0.717, 1.165) is 16.8 Å². The zero-order valence-electron chi connectivity index (χ0n) is 9.51. The molecule has 0 aliphatic heterocycles. The van der Waals surface area contributed by atoms with Crippen LogP contribution < -0.4 is 4.90 Å². The number of phenolic OH excluding ortho intramolecular Hbond substituents is 1. The lowest BCUT2D eigenvalue weighted by Gasteiger charge is -2.15. The van der Waals surface area contributed by atoms with Crippen molar-refractivity contribution in [2.75, 3.05) is 19.0 Å². The summed E-state index contributed by atoms with van der Waals surface area (Å²) in [5.74, 6) is 0.311. The molecule has 0 aliphatic carbocycles. The maximum Gasteiger partial charge on any atom is 0.139 e. The molecule has 2 aromatic rings. The molecule has 2 nitrogen and oxygen atoms in total. The molecule has 82 valence electrons. The molecule has 0 saturated heterocycles. The molecule has 0 aliphatic rings. The Balaban J connectivity index is 2.43. The smallest absolute Gasteiger partial charge is 0.139 e. The Hall–Kier alpha value is -1.96. The van der Waals surface area contributed by atoms with Crippen molar-refractivity contribution in [1.29, 1.82) is 0 Å². The van der Waals surface area contributed by atoms with E-state index < -0.39 is 0 Å². The molecule has 0 atom stereocenters. The van der Waals surface area contributed by atoms with Gasteiger partial charge in [-0.2, -0.15) is 0 Å². The van der Waals surface area contributed by atoms with Crippen molar-refractivity contribution >= 4 is 5.69 Å². The Labute approximate surface area is 95.8 Å². The van der Waals surface area contributed by atoms with Gasteiger partial charge in [0.05, 0.1) is 5.69 Å². The second-order valence-corrected chi connectivity index (χ2v) is 3.96. The first-order chi connectivity index (χ1) is 7.68. The quantitative estimate of drug-likeness (QED) is 0.828. The molecule has 2 heteroatoms. The summed E-state index contributed by atoms with van der Waals surface area (Å²) in [5, 5.41) is 9.88. The average molecular weight is 213 g/mol. The maximum absolute atomic E-state index is 9.88. The van der Waals surface area contributed by atoms with Crippen LogP contribution in [0.25, 0.3) is 11.1 Å². The molecule has 0 unspecified atom stereocenters. The van der Waals surface area contributed by atoms with Gasteiger partial charge in [-0.1, -0.05) is 36.4 Å². The number of hydrogen-bond acceptors (Lipinski definition) is 2. The van der Waals surface area contributed by atoms with E-state index in [4.69, 9.17) is 0 Å². The van der Waals surface area contributed by atoms with Crippen molar-refractivity contribution in [3.8, 4) is 16.9 Å². The molecular formula is C14H15NO. The third-order valence-electron chi connectivity index (χ3n) is 2.56. The molecule has 0 saturated carbocycles. The normalized spacial score (nSPS) is 10.1. The van der Waals surface area contributed by atoms with E-state index in [2.05, 4.69) is 0 Å². The van der Waals surface area contributed by atoms with Gasteiger partial charge < -0.3 is 10.0 Å². The van der Waals surface area contributed by atoms with E-state index in [0.29, 0.717) is 5.75 Å². The Morgan fingerprint density at radius 2 is 1.56 bits per heavy atom. The van der Waals surface area contributed by atoms with Crippen molar-refractivity contribution < 1.29 is 5.11 Å². The van der Waals surface area contributed by atoms with Gasteiger partial charge in [0.15, 0.2) is 0 Å². The van der Waals surface area contributed by atoms with Crippen molar-refractivity contribution in [3.63, 3.8) is 0 Å². The summed E-state index contributed by atoms with van der Waals surface area (Å²) in [6.45, 7) is 0. The Morgan fingerprint density at radius 1 is 0.875 bits per heavy atom. The van der Waals surface area contributed by atoms with Gasteiger partial charge in [0.1, 0.15) is 5.75 Å². The molecule has 0 bridgehead atoms. The standard InChI is InChI=1S/C14H15NO/c1-15(2)13-9-8-12(10-14(13)16)11-6-4-3-5-7-11/h3-10,16H,1-2H3. The second kappa shape index (κ2) is 4.27. The van der Waals surface area contributed by atoms with Crippen LogP contribution in [0, 0.1) is 0 Å². The monoisotopic (exact) mass is 213 g/mol. The number of hydrogen-bond donors (Lipinski definition) is 1. The van der Waals surface area contributed by atoms with Gasteiger partial charge in [-0.05, 0) is 23.3 Å². The number of anilines is 1. The molecular weight excluding hydrogens is 198 g/mol. The molecule has 1 N–H and O–H groups in total. The van der Waals surface area contributed by atoms with Crippen molar-refractivity contribution in [2.45, 2.75) is 0 Å². The van der Waals surface area contributed by atoms with Crippen LogP contribution in [0.3, 0.4) is 0 Å². The number of nitrogens with zero attached hydrogens (tertiary/aromatic N) is 1. The van der Waals surface area contributed by atoms with Crippen LogP contribution >= 0.6 is 0 Å². The van der Waals surface area contributed by atoms with Crippen molar-refractivity contribution in [3.05, 3.63) is 48.5 Å². The van der Waals surface area contributed by atoms with E-state index in [1.54, 1.807) is 6.07 Å². The van der Waals surface area contributed by atoms with Crippen LogP contribution in [0.4, 0.5) is 5.69 Å². The van der Waals surface area contributed by atoms with Gasteiger partial charge in [-0.25, -0.2) is 0 Å². The van der Waals surface area contributed by atoms with Crippen LogP contribution in [0.2, 0.25) is 0 Å². The minimum absolute atomic E-state index is 0.311. The summed E-state index contributed by atoms with van der Waals surface area (Å²) in [4.78, 5) is 1.89. The number of rotatable bonds is 2. The molecule has 0 fully saturated rings. The van der Waals surface area contributed by atoms with Gasteiger partial charge in [0.25, 0.3) is 0 Å². The van der Waals surface area contributed by atoms with Gasteiger partial charge >= 0.3 is 0 Å². The highest BCUT2D eigenvalue weighted by Gasteiger charge is 2.05. The summed E-state index contributed by atoms with van der Waals surface area (Å²) >= 11 is 0. The highest BCUT2D eigenvalue weighted by Crippen LogP contribution is 2.31. The van der Waals surface area contributed by atoms with Crippen LogP contribution in [-0.2, 0) is 0 Å². The fraction of sp³-hybridized carbons (Fsp3) is 0.143. The predicted octanol–water partition coefficient (Wildman–Crippen LogP) is 3.13.